The highest BCUT2D eigenvalue weighted by atomic mass is 16.5. The van der Waals surface area contributed by atoms with E-state index in [9.17, 15) is 14.4 Å². The molecule has 1 N–H and O–H groups in total. The number of ether oxygens (including phenoxy) is 1. The summed E-state index contributed by atoms with van der Waals surface area (Å²) in [5, 5.41) is 3.58. The van der Waals surface area contributed by atoms with Crippen molar-refractivity contribution in [3.63, 3.8) is 0 Å². The van der Waals surface area contributed by atoms with Crippen molar-refractivity contribution in [3.05, 3.63) is 40.2 Å². The van der Waals surface area contributed by atoms with Crippen molar-refractivity contribution in [3.8, 4) is 5.75 Å². The third-order valence-corrected chi connectivity index (χ3v) is 5.74. The summed E-state index contributed by atoms with van der Waals surface area (Å²) in [5.74, 6) is 0.925. The lowest BCUT2D eigenvalue weighted by Gasteiger charge is -2.33. The molecule has 4 rings (SSSR count). The molecule has 142 valence electrons. The average Bonchev–Trinajstić information content (AvgIpc) is 2.88. The monoisotopic (exact) mass is 370 g/mol. The molecule has 1 aliphatic heterocycles. The molecule has 1 aromatic heterocycles. The lowest BCUT2D eigenvalue weighted by Crippen LogP contribution is -2.49. The SMILES string of the molecule is COc1ccc2c(CN3C(=O)NC4(CCC(C)CC4)C3=O)cc(=O)oc2c1. The number of nitrogens with one attached hydrogen (secondary N) is 1. The van der Waals surface area contributed by atoms with Gasteiger partial charge in [0.25, 0.3) is 5.91 Å². The number of rotatable bonds is 3. The van der Waals surface area contributed by atoms with Crippen molar-refractivity contribution in [2.24, 2.45) is 5.92 Å². The highest BCUT2D eigenvalue weighted by molar-refractivity contribution is 6.07. The van der Waals surface area contributed by atoms with Crippen LogP contribution in [0.2, 0.25) is 0 Å². The van der Waals surface area contributed by atoms with E-state index < -0.39 is 17.2 Å². The van der Waals surface area contributed by atoms with Crippen molar-refractivity contribution in [2.45, 2.75) is 44.7 Å². The molecular formula is C20H22N2O5. The predicted molar refractivity (Wildman–Crippen MR) is 98.5 cm³/mol. The molecule has 2 aliphatic rings. The number of urea groups is 1. The molecule has 3 amide bonds. The molecular weight excluding hydrogens is 348 g/mol. The van der Waals surface area contributed by atoms with Gasteiger partial charge in [-0.3, -0.25) is 9.69 Å². The summed E-state index contributed by atoms with van der Waals surface area (Å²) in [6, 6.07) is 6.08. The topological polar surface area (TPSA) is 88.9 Å². The van der Waals surface area contributed by atoms with Crippen LogP contribution < -0.4 is 15.7 Å². The third kappa shape index (κ3) is 2.97. The number of nitrogens with zero attached hydrogens (tertiary/aromatic N) is 1. The number of benzene rings is 1. The number of methoxy groups -OCH3 is 1. The minimum atomic E-state index is -0.790. The van der Waals surface area contributed by atoms with Crippen LogP contribution in [0.1, 0.15) is 38.2 Å². The molecule has 2 heterocycles. The predicted octanol–water partition coefficient (Wildman–Crippen LogP) is 2.80. The van der Waals surface area contributed by atoms with Gasteiger partial charge in [0, 0.05) is 17.5 Å². The lowest BCUT2D eigenvalue weighted by atomic mass is 9.77. The van der Waals surface area contributed by atoms with Gasteiger partial charge in [0.2, 0.25) is 0 Å². The summed E-state index contributed by atoms with van der Waals surface area (Å²) in [6.45, 7) is 2.20. The van der Waals surface area contributed by atoms with Gasteiger partial charge >= 0.3 is 11.7 Å². The second-order valence-corrected chi connectivity index (χ2v) is 7.54. The average molecular weight is 370 g/mol. The summed E-state index contributed by atoms with van der Waals surface area (Å²) >= 11 is 0. The maximum atomic E-state index is 13.0. The molecule has 7 heteroatoms. The number of fused-ring (bicyclic) bond motifs is 1. The smallest absolute Gasteiger partial charge is 0.336 e. The number of carbonyl (C=O) groups excluding carboxylic acids is 2. The van der Waals surface area contributed by atoms with E-state index in [0.29, 0.717) is 41.0 Å². The van der Waals surface area contributed by atoms with E-state index in [1.54, 1.807) is 18.2 Å². The quantitative estimate of drug-likeness (QED) is 0.663. The van der Waals surface area contributed by atoms with Crippen LogP contribution in [0.4, 0.5) is 4.79 Å². The second kappa shape index (κ2) is 6.40. The first-order chi connectivity index (χ1) is 12.9. The van der Waals surface area contributed by atoms with Crippen LogP contribution in [-0.2, 0) is 11.3 Å². The Morgan fingerprint density at radius 3 is 2.67 bits per heavy atom. The summed E-state index contributed by atoms with van der Waals surface area (Å²) in [7, 11) is 1.53. The van der Waals surface area contributed by atoms with E-state index in [2.05, 4.69) is 12.2 Å². The van der Waals surface area contributed by atoms with E-state index in [0.717, 1.165) is 12.8 Å². The molecule has 0 radical (unpaired) electrons. The number of imide groups is 1. The Kier molecular flexibility index (Phi) is 4.17. The van der Waals surface area contributed by atoms with Gasteiger partial charge in [0.05, 0.1) is 13.7 Å². The fraction of sp³-hybridized carbons (Fsp3) is 0.450. The minimum absolute atomic E-state index is 0.0381. The van der Waals surface area contributed by atoms with Gasteiger partial charge in [-0.1, -0.05) is 6.92 Å². The van der Waals surface area contributed by atoms with Crippen molar-refractivity contribution >= 4 is 22.9 Å². The fourth-order valence-corrected chi connectivity index (χ4v) is 4.05. The maximum absolute atomic E-state index is 13.0. The molecule has 27 heavy (non-hydrogen) atoms. The molecule has 0 bridgehead atoms. The maximum Gasteiger partial charge on any atom is 0.336 e. The first-order valence-corrected chi connectivity index (χ1v) is 9.17. The Hall–Kier alpha value is -2.83. The number of hydrogen-bond acceptors (Lipinski definition) is 5. The molecule has 1 spiro atoms. The van der Waals surface area contributed by atoms with E-state index in [1.165, 1.54) is 18.1 Å². The normalized spacial score (nSPS) is 25.3. The van der Waals surface area contributed by atoms with Crippen LogP contribution in [0.5, 0.6) is 5.75 Å². The number of amides is 3. The molecule has 0 unspecified atom stereocenters. The van der Waals surface area contributed by atoms with Crippen molar-refractivity contribution < 1.29 is 18.7 Å². The standard InChI is InChI=1S/C20H22N2O5/c1-12-5-7-20(8-6-12)18(24)22(19(25)21-20)11-13-9-17(23)27-16-10-14(26-2)3-4-15(13)16/h3-4,9-10,12H,5-8,11H2,1-2H3,(H,21,25). The van der Waals surface area contributed by atoms with E-state index in [4.69, 9.17) is 9.15 Å². The molecule has 1 aliphatic carbocycles. The van der Waals surface area contributed by atoms with E-state index >= 15 is 0 Å². The highest BCUT2D eigenvalue weighted by Gasteiger charge is 2.51. The summed E-state index contributed by atoms with van der Waals surface area (Å²) < 4.78 is 10.4. The zero-order valence-electron chi connectivity index (χ0n) is 15.4. The van der Waals surface area contributed by atoms with Crippen molar-refractivity contribution in [2.75, 3.05) is 7.11 Å². The molecule has 0 atom stereocenters. The van der Waals surface area contributed by atoms with Gasteiger partial charge in [0.15, 0.2) is 0 Å². The lowest BCUT2D eigenvalue weighted by molar-refractivity contribution is -0.133. The Morgan fingerprint density at radius 2 is 1.96 bits per heavy atom. The highest BCUT2D eigenvalue weighted by Crippen LogP contribution is 2.37. The van der Waals surface area contributed by atoms with Crippen LogP contribution in [0, 0.1) is 5.92 Å². The Morgan fingerprint density at radius 1 is 1.22 bits per heavy atom. The molecule has 7 nitrogen and oxygen atoms in total. The Bertz CT molecular complexity index is 972. The third-order valence-electron chi connectivity index (χ3n) is 5.74. The summed E-state index contributed by atoms with van der Waals surface area (Å²) in [4.78, 5) is 38.8. The van der Waals surface area contributed by atoms with E-state index in [1.807, 2.05) is 0 Å². The first-order valence-electron chi connectivity index (χ1n) is 9.17. The van der Waals surface area contributed by atoms with Crippen LogP contribution in [-0.4, -0.2) is 29.5 Å². The largest absolute Gasteiger partial charge is 0.497 e. The van der Waals surface area contributed by atoms with Crippen LogP contribution in [0.25, 0.3) is 11.0 Å². The Balaban J connectivity index is 1.67. The second-order valence-electron chi connectivity index (χ2n) is 7.54. The first kappa shape index (κ1) is 17.6. The molecule has 2 aromatic rings. The fourth-order valence-electron chi connectivity index (χ4n) is 4.05. The zero-order valence-corrected chi connectivity index (χ0v) is 15.4. The van der Waals surface area contributed by atoms with Crippen molar-refractivity contribution in [1.82, 2.24) is 10.2 Å². The van der Waals surface area contributed by atoms with Crippen LogP contribution >= 0.6 is 0 Å². The van der Waals surface area contributed by atoms with Gasteiger partial charge in [0.1, 0.15) is 16.9 Å². The van der Waals surface area contributed by atoms with Gasteiger partial charge < -0.3 is 14.5 Å². The van der Waals surface area contributed by atoms with E-state index in [-0.39, 0.29) is 12.5 Å². The molecule has 1 aromatic carbocycles. The van der Waals surface area contributed by atoms with Gasteiger partial charge in [-0.2, -0.15) is 0 Å². The van der Waals surface area contributed by atoms with Gasteiger partial charge in [-0.05, 0) is 49.3 Å². The summed E-state index contributed by atoms with van der Waals surface area (Å²) in [6.07, 6.45) is 3.14. The molecule has 2 fully saturated rings. The van der Waals surface area contributed by atoms with Crippen LogP contribution in [0.15, 0.2) is 33.5 Å². The zero-order chi connectivity index (χ0) is 19.2. The van der Waals surface area contributed by atoms with Crippen LogP contribution in [0.3, 0.4) is 0 Å². The minimum Gasteiger partial charge on any atom is -0.497 e. The molecule has 1 saturated carbocycles. The van der Waals surface area contributed by atoms with Gasteiger partial charge in [-0.25, -0.2) is 9.59 Å². The van der Waals surface area contributed by atoms with Crippen molar-refractivity contribution in [1.29, 1.82) is 0 Å². The Labute approximate surface area is 156 Å². The molecule has 1 saturated heterocycles. The summed E-state index contributed by atoms with van der Waals surface area (Å²) in [5.41, 5.74) is -0.375. The number of hydrogen-bond donors (Lipinski definition) is 1. The number of carbonyl (C=O) groups is 2. The van der Waals surface area contributed by atoms with Gasteiger partial charge in [-0.15, -0.1) is 0 Å².